The molecule has 0 aliphatic rings. The zero-order valence-electron chi connectivity index (χ0n) is 13.3. The van der Waals surface area contributed by atoms with E-state index in [1.807, 2.05) is 11.7 Å². The molecule has 0 aliphatic carbocycles. The summed E-state index contributed by atoms with van der Waals surface area (Å²) in [4.78, 5) is 6.85. The third-order valence-electron chi connectivity index (χ3n) is 4.07. The molecule has 0 bridgehead atoms. The van der Waals surface area contributed by atoms with Gasteiger partial charge in [0.2, 0.25) is 0 Å². The highest BCUT2D eigenvalue weighted by atomic mass is 15.3. The van der Waals surface area contributed by atoms with Crippen LogP contribution in [0.1, 0.15) is 40.4 Å². The molecule has 1 aromatic heterocycles. The summed E-state index contributed by atoms with van der Waals surface area (Å²) in [6, 6.07) is 0.361. The third-order valence-corrected chi connectivity index (χ3v) is 4.07. The molecule has 1 aromatic rings. The molecule has 110 valence electrons. The topological polar surface area (TPSA) is 46.0 Å². The first-order chi connectivity index (χ1) is 8.97. The van der Waals surface area contributed by atoms with Gasteiger partial charge in [0.1, 0.15) is 12.2 Å². The van der Waals surface area contributed by atoms with Gasteiger partial charge in [-0.1, -0.05) is 20.8 Å². The van der Waals surface area contributed by atoms with Crippen molar-refractivity contribution in [2.75, 3.05) is 19.6 Å². The molecule has 0 aliphatic heterocycles. The quantitative estimate of drug-likeness (QED) is 0.774. The van der Waals surface area contributed by atoms with Gasteiger partial charge >= 0.3 is 0 Å². The standard InChI is InChI=1S/C14H29N5/c1-7-15-12(10-13-16-11-17-18(13)6)14(4,5)19(8-2)9-3/h11-12,15H,7-10H2,1-6H3. The molecule has 1 heterocycles. The predicted molar refractivity (Wildman–Crippen MR) is 79.2 cm³/mol. The molecule has 0 fully saturated rings. The van der Waals surface area contributed by atoms with E-state index in [0.717, 1.165) is 31.9 Å². The van der Waals surface area contributed by atoms with Crippen LogP contribution >= 0.6 is 0 Å². The van der Waals surface area contributed by atoms with Gasteiger partial charge in [-0.25, -0.2) is 4.98 Å². The second-order valence-electron chi connectivity index (χ2n) is 5.44. The lowest BCUT2D eigenvalue weighted by Gasteiger charge is -2.43. The molecule has 1 atom stereocenters. The van der Waals surface area contributed by atoms with E-state index in [9.17, 15) is 0 Å². The van der Waals surface area contributed by atoms with Crippen molar-refractivity contribution in [3.8, 4) is 0 Å². The molecule has 0 radical (unpaired) electrons. The van der Waals surface area contributed by atoms with Crippen LogP contribution in [0.25, 0.3) is 0 Å². The van der Waals surface area contributed by atoms with Gasteiger partial charge in [-0.15, -0.1) is 0 Å². The van der Waals surface area contributed by atoms with Crippen molar-refractivity contribution in [1.29, 1.82) is 0 Å². The Morgan fingerprint density at radius 2 is 1.95 bits per heavy atom. The molecule has 1 N–H and O–H groups in total. The molecular weight excluding hydrogens is 238 g/mol. The number of nitrogens with zero attached hydrogens (tertiary/aromatic N) is 4. The van der Waals surface area contributed by atoms with E-state index in [0.29, 0.717) is 6.04 Å². The highest BCUT2D eigenvalue weighted by Crippen LogP contribution is 2.21. The monoisotopic (exact) mass is 267 g/mol. The van der Waals surface area contributed by atoms with Gasteiger partial charge in [0.15, 0.2) is 0 Å². The average molecular weight is 267 g/mol. The summed E-state index contributed by atoms with van der Waals surface area (Å²) in [5.41, 5.74) is 0.0888. The predicted octanol–water partition coefficient (Wildman–Crippen LogP) is 1.46. The van der Waals surface area contributed by atoms with Crippen LogP contribution in [-0.2, 0) is 13.5 Å². The molecule has 0 saturated heterocycles. The van der Waals surface area contributed by atoms with E-state index in [2.05, 4.69) is 54.9 Å². The minimum absolute atomic E-state index is 0.0888. The van der Waals surface area contributed by atoms with E-state index in [-0.39, 0.29) is 5.54 Å². The van der Waals surface area contributed by atoms with Crippen molar-refractivity contribution in [1.82, 2.24) is 25.0 Å². The van der Waals surface area contributed by atoms with Crippen LogP contribution < -0.4 is 5.32 Å². The van der Waals surface area contributed by atoms with Crippen LogP contribution in [0.2, 0.25) is 0 Å². The van der Waals surface area contributed by atoms with E-state index >= 15 is 0 Å². The second kappa shape index (κ2) is 7.01. The summed E-state index contributed by atoms with van der Waals surface area (Å²) in [6.07, 6.45) is 2.52. The molecule has 1 unspecified atom stereocenters. The fourth-order valence-electron chi connectivity index (χ4n) is 2.76. The average Bonchev–Trinajstić information content (AvgIpc) is 2.75. The number of rotatable bonds is 8. The van der Waals surface area contributed by atoms with Crippen molar-refractivity contribution in [3.63, 3.8) is 0 Å². The smallest absolute Gasteiger partial charge is 0.138 e. The van der Waals surface area contributed by atoms with Crippen molar-refractivity contribution in [3.05, 3.63) is 12.2 Å². The molecule has 0 aromatic carbocycles. The lowest BCUT2D eigenvalue weighted by Crippen LogP contribution is -2.58. The first-order valence-electron chi connectivity index (χ1n) is 7.28. The Morgan fingerprint density at radius 3 is 2.37 bits per heavy atom. The van der Waals surface area contributed by atoms with Crippen LogP contribution in [0, 0.1) is 0 Å². The molecule has 5 heteroatoms. The molecule has 19 heavy (non-hydrogen) atoms. The first kappa shape index (κ1) is 16.1. The van der Waals surface area contributed by atoms with E-state index in [4.69, 9.17) is 0 Å². The van der Waals surface area contributed by atoms with Gasteiger partial charge in [0.05, 0.1) is 0 Å². The van der Waals surface area contributed by atoms with Crippen LogP contribution in [0.5, 0.6) is 0 Å². The highest BCUT2D eigenvalue weighted by Gasteiger charge is 2.34. The number of aromatic nitrogens is 3. The van der Waals surface area contributed by atoms with Gasteiger partial charge < -0.3 is 5.32 Å². The number of aryl methyl sites for hydroxylation is 1. The number of hydrogen-bond donors (Lipinski definition) is 1. The molecule has 1 rings (SSSR count). The van der Waals surface area contributed by atoms with Crippen LogP contribution in [0.15, 0.2) is 6.33 Å². The lowest BCUT2D eigenvalue weighted by molar-refractivity contribution is 0.0906. The Bertz CT molecular complexity index is 368. The molecule has 0 amide bonds. The Kier molecular flexibility index (Phi) is 5.94. The Hall–Kier alpha value is -0.940. The summed E-state index contributed by atoms with van der Waals surface area (Å²) in [7, 11) is 1.95. The minimum atomic E-state index is 0.0888. The Morgan fingerprint density at radius 1 is 1.32 bits per heavy atom. The number of nitrogens with one attached hydrogen (secondary N) is 1. The number of likely N-dealkylation sites (N-methyl/N-ethyl adjacent to an activating group) is 2. The molecule has 0 spiro atoms. The van der Waals surface area contributed by atoms with Gasteiger partial charge in [0, 0.05) is 25.0 Å². The number of hydrogen-bond acceptors (Lipinski definition) is 4. The fraction of sp³-hybridized carbons (Fsp3) is 0.857. The van der Waals surface area contributed by atoms with Crippen molar-refractivity contribution >= 4 is 0 Å². The minimum Gasteiger partial charge on any atom is -0.312 e. The molecular formula is C14H29N5. The van der Waals surface area contributed by atoms with Crippen LogP contribution in [0.4, 0.5) is 0 Å². The van der Waals surface area contributed by atoms with E-state index < -0.39 is 0 Å². The van der Waals surface area contributed by atoms with E-state index in [1.54, 1.807) is 6.33 Å². The Labute approximate surface area is 117 Å². The maximum Gasteiger partial charge on any atom is 0.138 e. The normalized spacial score (nSPS) is 14.1. The zero-order chi connectivity index (χ0) is 14.5. The summed E-state index contributed by atoms with van der Waals surface area (Å²) in [6.45, 7) is 14.3. The van der Waals surface area contributed by atoms with Gasteiger partial charge in [-0.05, 0) is 33.5 Å². The summed E-state index contributed by atoms with van der Waals surface area (Å²) < 4.78 is 1.86. The molecule has 0 saturated carbocycles. The summed E-state index contributed by atoms with van der Waals surface area (Å²) in [5, 5.41) is 7.78. The SMILES string of the molecule is CCNC(Cc1ncnn1C)C(C)(C)N(CC)CC. The van der Waals surface area contributed by atoms with Gasteiger partial charge in [-0.2, -0.15) is 5.10 Å². The summed E-state index contributed by atoms with van der Waals surface area (Å²) in [5.74, 6) is 1.03. The van der Waals surface area contributed by atoms with Crippen LogP contribution in [-0.4, -0.2) is 50.9 Å². The van der Waals surface area contributed by atoms with Crippen molar-refractivity contribution < 1.29 is 0 Å². The maximum absolute atomic E-state index is 4.36. The van der Waals surface area contributed by atoms with Crippen LogP contribution in [0.3, 0.4) is 0 Å². The van der Waals surface area contributed by atoms with Crippen molar-refractivity contribution in [2.45, 2.75) is 52.6 Å². The van der Waals surface area contributed by atoms with Gasteiger partial charge in [-0.3, -0.25) is 9.58 Å². The third kappa shape index (κ3) is 3.76. The fourth-order valence-corrected chi connectivity index (χ4v) is 2.76. The lowest BCUT2D eigenvalue weighted by atomic mass is 9.89. The van der Waals surface area contributed by atoms with E-state index in [1.165, 1.54) is 0 Å². The molecule has 5 nitrogen and oxygen atoms in total. The first-order valence-corrected chi connectivity index (χ1v) is 7.28. The summed E-state index contributed by atoms with van der Waals surface area (Å²) >= 11 is 0. The largest absolute Gasteiger partial charge is 0.312 e. The van der Waals surface area contributed by atoms with Crippen molar-refractivity contribution in [2.24, 2.45) is 7.05 Å². The Balaban J connectivity index is 2.89. The maximum atomic E-state index is 4.36. The zero-order valence-corrected chi connectivity index (χ0v) is 13.3. The highest BCUT2D eigenvalue weighted by molar-refractivity contribution is 4.99. The van der Waals surface area contributed by atoms with Gasteiger partial charge in [0.25, 0.3) is 0 Å². The second-order valence-corrected chi connectivity index (χ2v) is 5.44.